The van der Waals surface area contributed by atoms with Crippen LogP contribution in [0.25, 0.3) is 0 Å². The van der Waals surface area contributed by atoms with Crippen LogP contribution < -0.4 is 0 Å². The second kappa shape index (κ2) is 4.78. The number of aryl methyl sites for hydroxylation is 1. The van der Waals surface area contributed by atoms with Gasteiger partial charge in [0, 0.05) is 12.6 Å². The van der Waals surface area contributed by atoms with E-state index in [1.165, 1.54) is 0 Å². The fraction of sp³-hybridized carbons (Fsp3) is 0.538. The van der Waals surface area contributed by atoms with Crippen molar-refractivity contribution in [2.45, 2.75) is 44.0 Å². The smallest absolute Gasteiger partial charge is 0.207 e. The lowest BCUT2D eigenvalue weighted by molar-refractivity contribution is 0.543. The Bertz CT molecular complexity index is 479. The summed E-state index contributed by atoms with van der Waals surface area (Å²) < 4.78 is 26.0. The largest absolute Gasteiger partial charge is 0.243 e. The van der Waals surface area contributed by atoms with E-state index in [0.717, 1.165) is 24.8 Å². The third-order valence-electron chi connectivity index (χ3n) is 3.18. The highest BCUT2D eigenvalue weighted by Gasteiger charge is 2.43. The topological polar surface area (TPSA) is 37.1 Å². The van der Waals surface area contributed by atoms with E-state index in [-0.39, 0.29) is 6.04 Å². The molecular weight excluding hydrogens is 234 g/mol. The zero-order valence-electron chi connectivity index (χ0n) is 10.4. The average molecular weight is 253 g/mol. The molecule has 3 nitrogen and oxygen atoms in total. The van der Waals surface area contributed by atoms with Gasteiger partial charge in [0.05, 0.1) is 4.90 Å². The van der Waals surface area contributed by atoms with E-state index in [2.05, 4.69) is 6.92 Å². The quantitative estimate of drug-likeness (QED) is 0.756. The maximum Gasteiger partial charge on any atom is 0.243 e. The van der Waals surface area contributed by atoms with Crippen LogP contribution in [0.5, 0.6) is 0 Å². The summed E-state index contributed by atoms with van der Waals surface area (Å²) in [5, 5.41) is 0. The maximum atomic E-state index is 12.2. The van der Waals surface area contributed by atoms with Crippen molar-refractivity contribution in [3.05, 3.63) is 29.8 Å². The Hall–Kier alpha value is -0.870. The highest BCUT2D eigenvalue weighted by molar-refractivity contribution is 7.89. The Morgan fingerprint density at radius 1 is 1.29 bits per heavy atom. The Morgan fingerprint density at radius 3 is 2.53 bits per heavy atom. The molecule has 1 heterocycles. The summed E-state index contributed by atoms with van der Waals surface area (Å²) in [4.78, 5) is 0.419. The van der Waals surface area contributed by atoms with Crippen molar-refractivity contribution in [3.63, 3.8) is 0 Å². The zero-order chi connectivity index (χ0) is 12.5. The number of sulfonamides is 1. The molecule has 1 aromatic rings. The second-order valence-corrected chi connectivity index (χ2v) is 6.57. The predicted octanol–water partition coefficient (Wildman–Crippen LogP) is 2.56. The molecule has 0 radical (unpaired) electrons. The van der Waals surface area contributed by atoms with Gasteiger partial charge >= 0.3 is 0 Å². The molecule has 0 aromatic heterocycles. The van der Waals surface area contributed by atoms with Crippen molar-refractivity contribution in [3.8, 4) is 0 Å². The van der Waals surface area contributed by atoms with Crippen LogP contribution in [0.4, 0.5) is 0 Å². The first-order chi connectivity index (χ1) is 8.05. The summed E-state index contributed by atoms with van der Waals surface area (Å²) in [7, 11) is -3.23. The van der Waals surface area contributed by atoms with Crippen molar-refractivity contribution >= 4 is 10.0 Å². The second-order valence-electron chi connectivity index (χ2n) is 4.68. The lowest BCUT2D eigenvalue weighted by Gasteiger charge is -2.06. The van der Waals surface area contributed by atoms with Gasteiger partial charge in [0.2, 0.25) is 10.0 Å². The lowest BCUT2D eigenvalue weighted by Crippen LogP contribution is -2.14. The number of unbranched alkanes of at least 4 members (excludes halogenated alkanes) is 1. The minimum Gasteiger partial charge on any atom is -0.207 e. The van der Waals surface area contributed by atoms with Crippen LogP contribution >= 0.6 is 0 Å². The van der Waals surface area contributed by atoms with Crippen LogP contribution in [0.2, 0.25) is 0 Å². The molecule has 0 N–H and O–H groups in total. The third kappa shape index (κ3) is 2.69. The molecule has 94 valence electrons. The molecule has 1 aromatic carbocycles. The summed E-state index contributed by atoms with van der Waals surface area (Å²) in [5.41, 5.74) is 1.08. The number of hydrogen-bond acceptors (Lipinski definition) is 2. The highest BCUT2D eigenvalue weighted by atomic mass is 32.2. The van der Waals surface area contributed by atoms with Gasteiger partial charge in [-0.05, 0) is 25.5 Å². The van der Waals surface area contributed by atoms with Gasteiger partial charge in [0.25, 0.3) is 0 Å². The number of nitrogens with zero attached hydrogens (tertiary/aromatic N) is 1. The van der Waals surface area contributed by atoms with Gasteiger partial charge in [-0.2, -0.15) is 4.31 Å². The molecule has 0 aliphatic carbocycles. The minimum absolute atomic E-state index is 0.237. The van der Waals surface area contributed by atoms with E-state index in [4.69, 9.17) is 0 Å². The van der Waals surface area contributed by atoms with Gasteiger partial charge in [-0.15, -0.1) is 0 Å². The molecule has 0 amide bonds. The van der Waals surface area contributed by atoms with Crippen LogP contribution in [-0.2, 0) is 10.0 Å². The van der Waals surface area contributed by atoms with Crippen molar-refractivity contribution in [2.75, 3.05) is 6.54 Å². The first kappa shape index (κ1) is 12.6. The Morgan fingerprint density at radius 2 is 1.94 bits per heavy atom. The van der Waals surface area contributed by atoms with Gasteiger partial charge in [-0.1, -0.05) is 37.5 Å². The normalized spacial score (nSPS) is 23.6. The molecule has 4 heteroatoms. The summed E-state index contributed by atoms with van der Waals surface area (Å²) in [6.07, 6.45) is 3.21. The van der Waals surface area contributed by atoms with Crippen molar-refractivity contribution in [1.29, 1.82) is 0 Å². The van der Waals surface area contributed by atoms with E-state index >= 15 is 0 Å². The molecule has 1 saturated heterocycles. The van der Waals surface area contributed by atoms with E-state index in [0.29, 0.717) is 11.4 Å². The SMILES string of the molecule is CCCC[C@@H]1CN1S(=O)(=O)c1ccc(C)cc1. The molecule has 1 aliphatic heterocycles. The number of rotatable bonds is 5. The molecule has 1 fully saturated rings. The van der Waals surface area contributed by atoms with Crippen molar-refractivity contribution in [2.24, 2.45) is 0 Å². The zero-order valence-corrected chi connectivity index (χ0v) is 11.2. The van der Waals surface area contributed by atoms with Crippen LogP contribution in [-0.4, -0.2) is 25.3 Å². The number of benzene rings is 1. The van der Waals surface area contributed by atoms with E-state index in [1.807, 2.05) is 19.1 Å². The monoisotopic (exact) mass is 253 g/mol. The summed E-state index contributed by atoms with van der Waals surface area (Å²) >= 11 is 0. The number of hydrogen-bond donors (Lipinski definition) is 0. The molecule has 0 saturated carbocycles. The highest BCUT2D eigenvalue weighted by Crippen LogP contribution is 2.31. The molecule has 0 spiro atoms. The van der Waals surface area contributed by atoms with Crippen LogP contribution in [0.1, 0.15) is 31.7 Å². The fourth-order valence-corrected chi connectivity index (χ4v) is 3.59. The first-order valence-corrected chi connectivity index (χ1v) is 7.58. The van der Waals surface area contributed by atoms with Crippen molar-refractivity contribution < 1.29 is 8.42 Å². The van der Waals surface area contributed by atoms with Gasteiger partial charge < -0.3 is 0 Å². The van der Waals surface area contributed by atoms with Crippen LogP contribution in [0, 0.1) is 6.92 Å². The molecule has 1 aliphatic rings. The lowest BCUT2D eigenvalue weighted by atomic mass is 10.2. The molecule has 1 unspecified atom stereocenters. The van der Waals surface area contributed by atoms with Gasteiger partial charge in [0.1, 0.15) is 0 Å². The fourth-order valence-electron chi connectivity index (χ4n) is 1.98. The molecular formula is C13H19NO2S. The predicted molar refractivity (Wildman–Crippen MR) is 68.4 cm³/mol. The molecule has 17 heavy (non-hydrogen) atoms. The summed E-state index contributed by atoms with van der Waals surface area (Å²) in [6, 6.07) is 7.32. The van der Waals surface area contributed by atoms with Gasteiger partial charge in [-0.25, -0.2) is 8.42 Å². The Balaban J connectivity index is 2.08. The Labute approximate surface area is 104 Å². The first-order valence-electron chi connectivity index (χ1n) is 6.14. The molecule has 0 bridgehead atoms. The van der Waals surface area contributed by atoms with E-state index < -0.39 is 10.0 Å². The van der Waals surface area contributed by atoms with Crippen LogP contribution in [0.15, 0.2) is 29.2 Å². The summed E-state index contributed by atoms with van der Waals surface area (Å²) in [6.45, 7) is 4.77. The van der Waals surface area contributed by atoms with E-state index in [9.17, 15) is 8.42 Å². The van der Waals surface area contributed by atoms with E-state index in [1.54, 1.807) is 16.4 Å². The van der Waals surface area contributed by atoms with Crippen LogP contribution in [0.3, 0.4) is 0 Å². The third-order valence-corrected chi connectivity index (χ3v) is 5.12. The standard InChI is InChI=1S/C13H19NO2S/c1-3-4-5-12-10-14(12)17(15,16)13-8-6-11(2)7-9-13/h6-9,12H,3-5,10H2,1-2H3/t12-,14?/m1/s1. The van der Waals surface area contributed by atoms with Crippen molar-refractivity contribution in [1.82, 2.24) is 4.31 Å². The maximum absolute atomic E-state index is 12.2. The summed E-state index contributed by atoms with van der Waals surface area (Å²) in [5.74, 6) is 0. The average Bonchev–Trinajstić information content (AvgIpc) is 3.07. The minimum atomic E-state index is -3.23. The Kier molecular flexibility index (Phi) is 3.54. The van der Waals surface area contributed by atoms with Gasteiger partial charge in [0.15, 0.2) is 0 Å². The molecule has 2 rings (SSSR count). The molecule has 2 atom stereocenters. The van der Waals surface area contributed by atoms with Gasteiger partial charge in [-0.3, -0.25) is 0 Å².